The van der Waals surface area contributed by atoms with E-state index >= 15 is 0 Å². The predicted octanol–water partition coefficient (Wildman–Crippen LogP) is 1.45. The van der Waals surface area contributed by atoms with Crippen LogP contribution in [0.15, 0.2) is 11.6 Å². The molecular weight excluding hydrogens is 140 g/mol. The summed E-state index contributed by atoms with van der Waals surface area (Å²) >= 11 is 0. The molecule has 2 N–H and O–H groups in total. The molecular formula is C9H16O2. The third-order valence-corrected chi connectivity index (χ3v) is 2.44. The van der Waals surface area contributed by atoms with Crippen LogP contribution in [0.1, 0.15) is 32.1 Å². The van der Waals surface area contributed by atoms with E-state index in [-0.39, 0.29) is 5.48 Å². The highest BCUT2D eigenvalue weighted by molar-refractivity contribution is 5.12. The minimum absolute atomic E-state index is 0. The lowest BCUT2D eigenvalue weighted by molar-refractivity contribution is -0.0286. The van der Waals surface area contributed by atoms with Crippen molar-refractivity contribution in [1.82, 2.24) is 0 Å². The molecule has 1 unspecified atom stereocenters. The predicted molar refractivity (Wildman–Crippen MR) is 44.5 cm³/mol. The number of hydrogen-bond acceptors (Lipinski definition) is 1. The number of ether oxygens (including phenoxy) is 1. The van der Waals surface area contributed by atoms with Crippen molar-refractivity contribution in [3.63, 3.8) is 0 Å². The Kier molecular flexibility index (Phi) is 3.09. The second-order valence-corrected chi connectivity index (χ2v) is 3.17. The largest absolute Gasteiger partial charge is 0.412 e. The molecule has 1 saturated heterocycles. The Balaban J connectivity index is 0.000000605. The van der Waals surface area contributed by atoms with E-state index in [4.69, 9.17) is 4.74 Å². The monoisotopic (exact) mass is 156 g/mol. The smallest absolute Gasteiger partial charge is 0.0806 e. The summed E-state index contributed by atoms with van der Waals surface area (Å²) in [6.45, 7) is 0.988. The van der Waals surface area contributed by atoms with Gasteiger partial charge in [0, 0.05) is 6.42 Å². The van der Waals surface area contributed by atoms with Gasteiger partial charge in [-0.3, -0.25) is 0 Å². The summed E-state index contributed by atoms with van der Waals surface area (Å²) in [5.74, 6) is 0. The van der Waals surface area contributed by atoms with Crippen LogP contribution in [0, 0.1) is 0 Å². The van der Waals surface area contributed by atoms with Crippen molar-refractivity contribution in [2.75, 3.05) is 6.61 Å². The van der Waals surface area contributed by atoms with Crippen LogP contribution >= 0.6 is 0 Å². The van der Waals surface area contributed by atoms with Gasteiger partial charge in [-0.05, 0) is 31.3 Å². The van der Waals surface area contributed by atoms with Gasteiger partial charge in [-0.2, -0.15) is 0 Å². The molecule has 2 aliphatic rings. The van der Waals surface area contributed by atoms with Crippen LogP contribution in [0.25, 0.3) is 0 Å². The number of allylic oxidation sites excluding steroid dienone is 1. The molecule has 0 saturated carbocycles. The van der Waals surface area contributed by atoms with Gasteiger partial charge in [0.25, 0.3) is 0 Å². The van der Waals surface area contributed by atoms with Crippen LogP contribution in [-0.2, 0) is 4.74 Å². The van der Waals surface area contributed by atoms with E-state index in [0.717, 1.165) is 6.61 Å². The summed E-state index contributed by atoms with van der Waals surface area (Å²) in [4.78, 5) is 0. The van der Waals surface area contributed by atoms with Crippen LogP contribution in [0.5, 0.6) is 0 Å². The fourth-order valence-corrected chi connectivity index (χ4v) is 1.68. The van der Waals surface area contributed by atoms with E-state index in [9.17, 15) is 0 Å². The van der Waals surface area contributed by atoms with E-state index < -0.39 is 0 Å². The van der Waals surface area contributed by atoms with Crippen molar-refractivity contribution >= 4 is 0 Å². The van der Waals surface area contributed by atoms with Gasteiger partial charge in [0.05, 0.1) is 12.7 Å². The van der Waals surface area contributed by atoms with Gasteiger partial charge in [0.2, 0.25) is 0 Å². The van der Waals surface area contributed by atoms with E-state index in [1.165, 1.54) is 32.1 Å². The summed E-state index contributed by atoms with van der Waals surface area (Å²) < 4.78 is 5.40. The summed E-state index contributed by atoms with van der Waals surface area (Å²) in [5.41, 5.74) is 1.58. The molecule has 2 heteroatoms. The van der Waals surface area contributed by atoms with Gasteiger partial charge >= 0.3 is 0 Å². The van der Waals surface area contributed by atoms with Crippen molar-refractivity contribution in [3.8, 4) is 0 Å². The molecule has 1 heterocycles. The lowest BCUT2D eigenvalue weighted by Crippen LogP contribution is -2.29. The fourth-order valence-electron chi connectivity index (χ4n) is 1.68. The number of rotatable bonds is 1. The van der Waals surface area contributed by atoms with E-state index in [0.29, 0.717) is 6.10 Å². The van der Waals surface area contributed by atoms with Crippen LogP contribution in [0.4, 0.5) is 0 Å². The zero-order valence-corrected chi connectivity index (χ0v) is 6.81. The molecule has 0 aromatic heterocycles. The molecule has 1 fully saturated rings. The quantitative estimate of drug-likeness (QED) is 0.530. The maximum absolute atomic E-state index is 5.40. The summed E-state index contributed by atoms with van der Waals surface area (Å²) in [5, 5.41) is 0. The van der Waals surface area contributed by atoms with Gasteiger partial charge in [-0.15, -0.1) is 0 Å². The number of hydrogen-bond donors (Lipinski definition) is 0. The highest BCUT2D eigenvalue weighted by Gasteiger charge is 2.22. The molecule has 11 heavy (non-hydrogen) atoms. The Hall–Kier alpha value is -0.340. The van der Waals surface area contributed by atoms with Gasteiger partial charge in [-0.1, -0.05) is 6.08 Å². The Bertz CT molecular complexity index is 148. The Labute approximate surface area is 67.6 Å². The van der Waals surface area contributed by atoms with Crippen LogP contribution in [0.3, 0.4) is 0 Å². The average molecular weight is 156 g/mol. The SMILES string of the molecule is C1=C(C2CCO2)CCCC1.O. The molecule has 0 aromatic rings. The van der Waals surface area contributed by atoms with Gasteiger partial charge in [-0.25, -0.2) is 0 Å². The van der Waals surface area contributed by atoms with Crippen LogP contribution in [0.2, 0.25) is 0 Å². The normalized spacial score (nSPS) is 29.8. The highest BCUT2D eigenvalue weighted by atomic mass is 16.5. The standard InChI is InChI=1S/C9H14O.H2O/c1-2-4-8(5-3-1)9-6-7-10-9;/h4,9H,1-3,5-7H2;1H2. The maximum Gasteiger partial charge on any atom is 0.0806 e. The third-order valence-electron chi connectivity index (χ3n) is 2.44. The molecule has 2 nitrogen and oxygen atoms in total. The molecule has 0 aromatic carbocycles. The molecule has 1 aliphatic carbocycles. The van der Waals surface area contributed by atoms with Crippen LogP contribution < -0.4 is 0 Å². The topological polar surface area (TPSA) is 40.7 Å². The fraction of sp³-hybridized carbons (Fsp3) is 0.778. The van der Waals surface area contributed by atoms with Gasteiger partial charge < -0.3 is 10.2 Å². The molecule has 0 amide bonds. The maximum atomic E-state index is 5.40. The lowest BCUT2D eigenvalue weighted by atomic mass is 9.92. The molecule has 2 rings (SSSR count). The van der Waals surface area contributed by atoms with Crippen molar-refractivity contribution in [1.29, 1.82) is 0 Å². The van der Waals surface area contributed by atoms with Gasteiger partial charge in [0.1, 0.15) is 0 Å². The Morgan fingerprint density at radius 3 is 2.64 bits per heavy atom. The van der Waals surface area contributed by atoms with E-state index in [1.807, 2.05) is 0 Å². The zero-order chi connectivity index (χ0) is 6.81. The second-order valence-electron chi connectivity index (χ2n) is 3.17. The summed E-state index contributed by atoms with van der Waals surface area (Å²) in [6, 6.07) is 0. The van der Waals surface area contributed by atoms with Crippen molar-refractivity contribution < 1.29 is 10.2 Å². The van der Waals surface area contributed by atoms with Crippen LogP contribution in [-0.4, -0.2) is 18.2 Å². The van der Waals surface area contributed by atoms with E-state index in [1.54, 1.807) is 5.57 Å². The van der Waals surface area contributed by atoms with E-state index in [2.05, 4.69) is 6.08 Å². The Morgan fingerprint density at radius 1 is 1.36 bits per heavy atom. The first-order valence-electron chi connectivity index (χ1n) is 4.27. The molecule has 0 spiro atoms. The lowest BCUT2D eigenvalue weighted by Gasteiger charge is -2.30. The Morgan fingerprint density at radius 2 is 2.18 bits per heavy atom. The third kappa shape index (κ3) is 1.82. The molecule has 64 valence electrons. The molecule has 1 atom stereocenters. The molecule has 1 aliphatic heterocycles. The molecule has 0 bridgehead atoms. The minimum atomic E-state index is 0. The first-order chi connectivity index (χ1) is 4.97. The van der Waals surface area contributed by atoms with Crippen molar-refractivity contribution in [2.45, 2.75) is 38.2 Å². The first-order valence-corrected chi connectivity index (χ1v) is 4.27. The minimum Gasteiger partial charge on any atom is -0.412 e. The summed E-state index contributed by atoms with van der Waals surface area (Å²) in [7, 11) is 0. The average Bonchev–Trinajstić information content (AvgIpc) is 1.86. The summed E-state index contributed by atoms with van der Waals surface area (Å²) in [6.07, 6.45) is 9.53. The zero-order valence-electron chi connectivity index (χ0n) is 6.81. The van der Waals surface area contributed by atoms with Crippen molar-refractivity contribution in [2.24, 2.45) is 0 Å². The second kappa shape index (κ2) is 3.88. The molecule has 0 radical (unpaired) electrons. The van der Waals surface area contributed by atoms with Crippen molar-refractivity contribution in [3.05, 3.63) is 11.6 Å². The first kappa shape index (κ1) is 8.75. The highest BCUT2D eigenvalue weighted by Crippen LogP contribution is 2.27. The van der Waals surface area contributed by atoms with Gasteiger partial charge in [0.15, 0.2) is 0 Å².